The fourth-order valence-electron chi connectivity index (χ4n) is 1.74. The largest absolute Gasteiger partial charge is 0.246 e. The zero-order chi connectivity index (χ0) is 13.6. The van der Waals surface area contributed by atoms with Gasteiger partial charge < -0.3 is 0 Å². The highest BCUT2D eigenvalue weighted by atomic mass is 14.7. The first-order chi connectivity index (χ1) is 9.90. The molecule has 0 aliphatic heterocycles. The van der Waals surface area contributed by atoms with Crippen molar-refractivity contribution in [3.8, 4) is 23.7 Å². The topological polar surface area (TPSA) is 12.9 Å². The zero-order valence-electron chi connectivity index (χ0n) is 10.8. The standard InChI is InChI=1S/C19H11N/c1-2-6-16(5-1)9-10-18-12-14-19(20-15-18)13-11-17-7-3-4-8-17/h1-8,12,14-15H. The third-order valence-corrected chi connectivity index (χ3v) is 2.77. The molecule has 3 rings (SSSR count). The van der Waals surface area contributed by atoms with Crippen LogP contribution in [-0.2, 0) is 0 Å². The third-order valence-electron chi connectivity index (χ3n) is 2.77. The van der Waals surface area contributed by atoms with E-state index in [9.17, 15) is 0 Å². The van der Waals surface area contributed by atoms with E-state index >= 15 is 0 Å². The summed E-state index contributed by atoms with van der Waals surface area (Å²) in [6.45, 7) is 0. The Morgan fingerprint density at radius 1 is 0.650 bits per heavy atom. The van der Waals surface area contributed by atoms with Crippen LogP contribution in [0.15, 0.2) is 18.3 Å². The smallest absolute Gasteiger partial charge is 0.113 e. The first-order valence-electron chi connectivity index (χ1n) is 6.34. The van der Waals surface area contributed by atoms with Crippen molar-refractivity contribution in [1.29, 1.82) is 0 Å². The van der Waals surface area contributed by atoms with E-state index in [0.29, 0.717) is 0 Å². The average molecular weight is 253 g/mol. The van der Waals surface area contributed by atoms with E-state index in [0.717, 1.165) is 23.1 Å². The second-order valence-corrected chi connectivity index (χ2v) is 4.28. The number of hydrogen-bond acceptors (Lipinski definition) is 1. The van der Waals surface area contributed by atoms with Crippen molar-refractivity contribution in [1.82, 2.24) is 4.98 Å². The molecule has 0 atom stereocenters. The molecule has 92 valence electrons. The van der Waals surface area contributed by atoms with Crippen LogP contribution in [0.3, 0.4) is 0 Å². The Morgan fingerprint density at radius 2 is 1.25 bits per heavy atom. The molecular formula is C19H11N. The first kappa shape index (κ1) is 13.3. The van der Waals surface area contributed by atoms with Crippen LogP contribution < -0.4 is 0 Å². The van der Waals surface area contributed by atoms with Gasteiger partial charge in [0.05, 0.1) is 11.8 Å². The van der Waals surface area contributed by atoms with Gasteiger partial charge in [0.25, 0.3) is 0 Å². The second-order valence-electron chi connectivity index (χ2n) is 4.28. The minimum absolute atomic E-state index is 0.755. The summed E-state index contributed by atoms with van der Waals surface area (Å²) in [5.41, 5.74) is 1.65. The van der Waals surface area contributed by atoms with E-state index in [1.807, 2.05) is 63.5 Å². The van der Waals surface area contributed by atoms with Crippen molar-refractivity contribution in [3.63, 3.8) is 0 Å². The van der Waals surface area contributed by atoms with Gasteiger partial charge in [-0.1, -0.05) is 17.8 Å². The van der Waals surface area contributed by atoms with Gasteiger partial charge in [-0.2, -0.15) is 0 Å². The molecule has 0 aromatic carbocycles. The van der Waals surface area contributed by atoms with Crippen molar-refractivity contribution in [3.05, 3.63) is 92.8 Å². The van der Waals surface area contributed by atoms with Crippen LogP contribution in [0.2, 0.25) is 0 Å². The van der Waals surface area contributed by atoms with Crippen LogP contribution >= 0.6 is 0 Å². The summed E-state index contributed by atoms with van der Waals surface area (Å²) in [5.74, 6) is 14.3. The summed E-state index contributed by atoms with van der Waals surface area (Å²) in [7, 11) is 0. The van der Waals surface area contributed by atoms with Gasteiger partial charge in [-0.25, -0.2) is 4.98 Å². The number of aromatic nitrogens is 1. The van der Waals surface area contributed by atoms with E-state index in [1.54, 1.807) is 6.20 Å². The minimum Gasteiger partial charge on any atom is -0.246 e. The molecule has 20 heavy (non-hydrogen) atoms. The third kappa shape index (κ3) is 3.64. The van der Waals surface area contributed by atoms with E-state index in [2.05, 4.69) is 28.7 Å². The Morgan fingerprint density at radius 3 is 1.80 bits per heavy atom. The summed E-state index contributed by atoms with van der Waals surface area (Å²) in [6.07, 6.45) is 17.6. The number of rotatable bonds is 0. The Hall–Kier alpha value is -1.73. The lowest BCUT2D eigenvalue weighted by atomic mass is 10.1. The molecule has 2 fully saturated rings. The molecule has 2 aliphatic rings. The highest BCUT2D eigenvalue weighted by molar-refractivity contribution is 5.51. The van der Waals surface area contributed by atoms with Crippen LogP contribution in [0.1, 0.15) is 11.3 Å². The van der Waals surface area contributed by atoms with E-state index in [4.69, 9.17) is 0 Å². The highest BCUT2D eigenvalue weighted by Crippen LogP contribution is 2.22. The fourth-order valence-corrected chi connectivity index (χ4v) is 1.74. The molecule has 0 bridgehead atoms. The van der Waals surface area contributed by atoms with Crippen molar-refractivity contribution in [2.24, 2.45) is 0 Å². The summed E-state index contributed by atoms with van der Waals surface area (Å²) < 4.78 is 0. The van der Waals surface area contributed by atoms with Gasteiger partial charge in [0.2, 0.25) is 0 Å². The molecule has 0 spiro atoms. The van der Waals surface area contributed by atoms with Crippen molar-refractivity contribution >= 4 is 0 Å². The van der Waals surface area contributed by atoms with Crippen LogP contribution in [0, 0.1) is 86.9 Å². The number of pyridine rings is 1. The summed E-state index contributed by atoms with van der Waals surface area (Å²) in [6, 6.07) is 3.84. The second kappa shape index (κ2) is 6.62. The van der Waals surface area contributed by atoms with Crippen LogP contribution in [0.5, 0.6) is 0 Å². The lowest BCUT2D eigenvalue weighted by molar-refractivity contribution is 1.27. The van der Waals surface area contributed by atoms with Crippen LogP contribution in [-0.4, -0.2) is 4.98 Å². The molecule has 0 N–H and O–H groups in total. The number of hydrogen-bond donors (Lipinski definition) is 0. The maximum atomic E-state index is 4.30. The first-order valence-corrected chi connectivity index (χ1v) is 6.34. The molecule has 0 saturated heterocycles. The molecule has 2 aliphatic carbocycles. The van der Waals surface area contributed by atoms with Gasteiger partial charge in [-0.15, -0.1) is 0 Å². The lowest BCUT2D eigenvalue weighted by Crippen LogP contribution is -1.89. The quantitative estimate of drug-likeness (QED) is 0.648. The number of nitrogens with zero attached hydrogens (tertiary/aromatic N) is 1. The fraction of sp³-hybridized carbons (Fsp3) is 0. The molecular weight excluding hydrogens is 242 g/mol. The maximum Gasteiger partial charge on any atom is 0.113 e. The van der Waals surface area contributed by atoms with Gasteiger partial charge in [-0.05, 0) is 69.4 Å². The molecule has 1 nitrogen and oxygen atoms in total. The van der Waals surface area contributed by atoms with E-state index < -0.39 is 0 Å². The normalized spacial score (nSPS) is 19.2. The molecule has 0 unspecified atom stereocenters. The predicted molar refractivity (Wildman–Crippen MR) is 78.9 cm³/mol. The molecule has 1 heterocycles. The van der Waals surface area contributed by atoms with Gasteiger partial charge in [0.15, 0.2) is 0 Å². The van der Waals surface area contributed by atoms with Gasteiger partial charge in [-0.3, -0.25) is 0 Å². The Balaban J connectivity index is 1.61. The van der Waals surface area contributed by atoms with Gasteiger partial charge >= 0.3 is 0 Å². The molecule has 1 aromatic rings. The van der Waals surface area contributed by atoms with Crippen molar-refractivity contribution in [2.45, 2.75) is 0 Å². The SMILES string of the molecule is C(#Cc1ccc(C#C[C]2[CH][CH][CH][CH]2)nc1)[C]1[CH][CH][CH][CH]1. The average Bonchev–Trinajstić information content (AvgIpc) is 3.17. The Labute approximate surface area is 122 Å². The van der Waals surface area contributed by atoms with Gasteiger partial charge in [0, 0.05) is 11.8 Å². The zero-order valence-corrected chi connectivity index (χ0v) is 10.8. The van der Waals surface area contributed by atoms with Crippen LogP contribution in [0.25, 0.3) is 0 Å². The minimum atomic E-state index is 0.755. The van der Waals surface area contributed by atoms with Crippen LogP contribution in [0.4, 0.5) is 0 Å². The molecule has 1 heteroatoms. The maximum absolute atomic E-state index is 4.30. The Bertz CT molecular complexity index is 497. The monoisotopic (exact) mass is 253 g/mol. The molecule has 0 amide bonds. The summed E-state index contributed by atoms with van der Waals surface area (Å²) >= 11 is 0. The predicted octanol–water partition coefficient (Wildman–Crippen LogP) is 2.60. The summed E-state index contributed by atoms with van der Waals surface area (Å²) in [5, 5.41) is 0. The Kier molecular flexibility index (Phi) is 4.39. The van der Waals surface area contributed by atoms with Crippen molar-refractivity contribution in [2.75, 3.05) is 0 Å². The molecule has 1 aromatic heterocycles. The highest BCUT2D eigenvalue weighted by Gasteiger charge is 2.14. The van der Waals surface area contributed by atoms with Crippen molar-refractivity contribution < 1.29 is 0 Å². The molecule has 10 radical (unpaired) electrons. The summed E-state index contributed by atoms with van der Waals surface area (Å²) in [4.78, 5) is 4.30. The van der Waals surface area contributed by atoms with E-state index in [1.165, 1.54) is 0 Å². The lowest BCUT2D eigenvalue weighted by Gasteiger charge is -1.95. The molecule has 2 saturated carbocycles. The van der Waals surface area contributed by atoms with Gasteiger partial charge in [0.1, 0.15) is 5.69 Å². The van der Waals surface area contributed by atoms with E-state index in [-0.39, 0.29) is 0 Å².